The summed E-state index contributed by atoms with van der Waals surface area (Å²) in [7, 11) is 1.59. The van der Waals surface area contributed by atoms with Gasteiger partial charge >= 0.3 is 5.69 Å². The smallest absolute Gasteiger partial charge is 0.329 e. The van der Waals surface area contributed by atoms with E-state index in [1.807, 2.05) is 6.07 Å². The number of halogens is 1. The first-order chi connectivity index (χ1) is 14.0. The predicted molar refractivity (Wildman–Crippen MR) is 110 cm³/mol. The van der Waals surface area contributed by atoms with Gasteiger partial charge in [0.1, 0.15) is 5.82 Å². The molecule has 3 heterocycles. The maximum atomic E-state index is 13.9. The van der Waals surface area contributed by atoms with E-state index in [-0.39, 0.29) is 5.82 Å². The molecule has 9 heteroatoms. The standard InChI is InChI=1S/C20H23FN6O2/c1-3-8-27-16-17(24(2)20(29)23-18(16)28)22-19(27)26-11-9-25(10-12-26)13-14-6-4-5-7-15(14)21/h3-7H,1,8-13H2,2H3,(H,23,28,29). The number of aromatic nitrogens is 4. The minimum atomic E-state index is -0.494. The van der Waals surface area contributed by atoms with Crippen LogP contribution in [0, 0.1) is 5.82 Å². The van der Waals surface area contributed by atoms with E-state index in [1.165, 1.54) is 10.6 Å². The first-order valence-electron chi connectivity index (χ1n) is 9.50. The summed E-state index contributed by atoms with van der Waals surface area (Å²) in [5.41, 5.74) is 0.440. The van der Waals surface area contributed by atoms with Crippen molar-refractivity contribution in [2.45, 2.75) is 13.1 Å². The Kier molecular flexibility index (Phi) is 5.06. The molecule has 29 heavy (non-hydrogen) atoms. The Bertz CT molecular complexity index is 1170. The molecule has 0 radical (unpaired) electrons. The second-order valence-corrected chi connectivity index (χ2v) is 7.16. The Morgan fingerprint density at radius 2 is 1.93 bits per heavy atom. The molecular formula is C20H23FN6O2. The Morgan fingerprint density at radius 1 is 1.21 bits per heavy atom. The SMILES string of the molecule is C=CCn1c(N2CCN(Cc3ccccc3F)CC2)nc2c1c(=O)[nH]c(=O)n2C. The molecule has 1 aliphatic rings. The van der Waals surface area contributed by atoms with Crippen LogP contribution in [-0.4, -0.2) is 50.2 Å². The molecule has 0 unspecified atom stereocenters. The Hall–Kier alpha value is -3.20. The molecule has 1 N–H and O–H groups in total. The van der Waals surface area contributed by atoms with Gasteiger partial charge in [-0.1, -0.05) is 24.3 Å². The van der Waals surface area contributed by atoms with Gasteiger partial charge in [0, 0.05) is 51.9 Å². The van der Waals surface area contributed by atoms with Crippen molar-refractivity contribution in [3.8, 4) is 0 Å². The molecule has 0 bridgehead atoms. The normalized spacial score (nSPS) is 15.2. The van der Waals surface area contributed by atoms with Crippen LogP contribution in [0.3, 0.4) is 0 Å². The molecule has 8 nitrogen and oxygen atoms in total. The highest BCUT2D eigenvalue weighted by Gasteiger charge is 2.24. The molecule has 0 amide bonds. The van der Waals surface area contributed by atoms with E-state index in [2.05, 4.69) is 26.3 Å². The predicted octanol–water partition coefficient (Wildman–Crippen LogP) is 1.07. The lowest BCUT2D eigenvalue weighted by Crippen LogP contribution is -2.47. The fourth-order valence-electron chi connectivity index (χ4n) is 3.74. The topological polar surface area (TPSA) is 79.2 Å². The van der Waals surface area contributed by atoms with Gasteiger partial charge < -0.3 is 9.47 Å². The number of rotatable bonds is 5. The summed E-state index contributed by atoms with van der Waals surface area (Å²) < 4.78 is 17.1. The molecule has 0 aliphatic carbocycles. The highest BCUT2D eigenvalue weighted by molar-refractivity contribution is 5.74. The van der Waals surface area contributed by atoms with Gasteiger partial charge in [-0.05, 0) is 6.07 Å². The number of aromatic amines is 1. The van der Waals surface area contributed by atoms with Crippen LogP contribution in [-0.2, 0) is 20.1 Å². The van der Waals surface area contributed by atoms with Crippen LogP contribution in [0.5, 0.6) is 0 Å². The molecule has 152 valence electrons. The summed E-state index contributed by atoms with van der Waals surface area (Å²) in [5, 5.41) is 0. The van der Waals surface area contributed by atoms with Crippen LogP contribution in [0.25, 0.3) is 11.2 Å². The van der Waals surface area contributed by atoms with E-state index >= 15 is 0 Å². The zero-order valence-corrected chi connectivity index (χ0v) is 16.3. The zero-order valence-electron chi connectivity index (χ0n) is 16.3. The summed E-state index contributed by atoms with van der Waals surface area (Å²) in [6.45, 7) is 7.57. The second-order valence-electron chi connectivity index (χ2n) is 7.16. The molecule has 3 aromatic rings. The monoisotopic (exact) mass is 398 g/mol. The van der Waals surface area contributed by atoms with Crippen LogP contribution >= 0.6 is 0 Å². The van der Waals surface area contributed by atoms with Crippen LogP contribution in [0.2, 0.25) is 0 Å². The van der Waals surface area contributed by atoms with Gasteiger partial charge in [-0.2, -0.15) is 4.98 Å². The quantitative estimate of drug-likeness (QED) is 0.651. The molecule has 0 saturated carbocycles. The van der Waals surface area contributed by atoms with E-state index in [4.69, 9.17) is 0 Å². The van der Waals surface area contributed by atoms with Crippen LogP contribution in [0.1, 0.15) is 5.56 Å². The Labute approximate surface area is 166 Å². The van der Waals surface area contributed by atoms with Gasteiger partial charge in [0.25, 0.3) is 5.56 Å². The van der Waals surface area contributed by atoms with Gasteiger partial charge in [0.2, 0.25) is 5.95 Å². The van der Waals surface area contributed by atoms with Gasteiger partial charge in [-0.3, -0.25) is 19.2 Å². The van der Waals surface area contributed by atoms with Crippen LogP contribution in [0.15, 0.2) is 46.5 Å². The summed E-state index contributed by atoms with van der Waals surface area (Å²) in [6, 6.07) is 6.81. The number of aryl methyl sites for hydroxylation is 1. The maximum absolute atomic E-state index is 13.9. The van der Waals surface area contributed by atoms with Crippen molar-refractivity contribution in [2.75, 3.05) is 31.1 Å². The number of anilines is 1. The third-order valence-electron chi connectivity index (χ3n) is 5.31. The zero-order chi connectivity index (χ0) is 20.5. The van der Waals surface area contributed by atoms with Gasteiger partial charge in [-0.15, -0.1) is 6.58 Å². The molecule has 0 spiro atoms. The summed E-state index contributed by atoms with van der Waals surface area (Å²) in [6.07, 6.45) is 1.70. The molecule has 2 aromatic heterocycles. The van der Waals surface area contributed by atoms with E-state index in [0.29, 0.717) is 48.9 Å². The van der Waals surface area contributed by atoms with Crippen molar-refractivity contribution < 1.29 is 4.39 Å². The second kappa shape index (κ2) is 7.67. The minimum Gasteiger partial charge on any atom is -0.340 e. The van der Waals surface area contributed by atoms with E-state index < -0.39 is 11.2 Å². The average molecular weight is 398 g/mol. The number of imidazole rings is 1. The Balaban J connectivity index is 1.60. The van der Waals surface area contributed by atoms with Crippen LogP contribution in [0.4, 0.5) is 10.3 Å². The number of fused-ring (bicyclic) bond motifs is 1. The number of piperazine rings is 1. The lowest BCUT2D eigenvalue weighted by Gasteiger charge is -2.35. The first kappa shape index (κ1) is 19.1. The van der Waals surface area contributed by atoms with E-state index in [0.717, 1.165) is 13.1 Å². The first-order valence-corrected chi connectivity index (χ1v) is 9.50. The number of nitrogens with zero attached hydrogens (tertiary/aromatic N) is 5. The number of hydrogen-bond acceptors (Lipinski definition) is 5. The highest BCUT2D eigenvalue weighted by atomic mass is 19.1. The fourth-order valence-corrected chi connectivity index (χ4v) is 3.74. The van der Waals surface area contributed by atoms with E-state index in [1.54, 1.807) is 29.8 Å². The Morgan fingerprint density at radius 3 is 2.62 bits per heavy atom. The number of nitrogens with one attached hydrogen (secondary N) is 1. The maximum Gasteiger partial charge on any atom is 0.329 e. The van der Waals surface area contributed by atoms with Crippen molar-refractivity contribution in [1.29, 1.82) is 0 Å². The third-order valence-corrected chi connectivity index (χ3v) is 5.31. The van der Waals surface area contributed by atoms with Gasteiger partial charge in [0.15, 0.2) is 11.2 Å². The van der Waals surface area contributed by atoms with Crippen molar-refractivity contribution in [2.24, 2.45) is 7.05 Å². The van der Waals surface area contributed by atoms with Crippen molar-refractivity contribution in [3.63, 3.8) is 0 Å². The minimum absolute atomic E-state index is 0.192. The van der Waals surface area contributed by atoms with Crippen molar-refractivity contribution >= 4 is 17.1 Å². The summed E-state index contributed by atoms with van der Waals surface area (Å²) in [5.74, 6) is 0.444. The molecule has 0 atom stereocenters. The lowest BCUT2D eigenvalue weighted by atomic mass is 10.2. The summed E-state index contributed by atoms with van der Waals surface area (Å²) >= 11 is 0. The van der Waals surface area contributed by atoms with Crippen molar-refractivity contribution in [1.82, 2.24) is 24.0 Å². The average Bonchev–Trinajstić information content (AvgIpc) is 3.09. The van der Waals surface area contributed by atoms with Gasteiger partial charge in [-0.25, -0.2) is 9.18 Å². The van der Waals surface area contributed by atoms with Crippen LogP contribution < -0.4 is 16.1 Å². The molecular weight excluding hydrogens is 375 g/mol. The lowest BCUT2D eigenvalue weighted by molar-refractivity contribution is 0.245. The van der Waals surface area contributed by atoms with E-state index in [9.17, 15) is 14.0 Å². The van der Waals surface area contributed by atoms with Crippen molar-refractivity contribution in [3.05, 3.63) is 69.1 Å². The molecule has 1 saturated heterocycles. The number of allylic oxidation sites excluding steroid dienone is 1. The number of hydrogen-bond donors (Lipinski definition) is 1. The largest absolute Gasteiger partial charge is 0.340 e. The number of H-pyrrole nitrogens is 1. The fraction of sp³-hybridized carbons (Fsp3) is 0.350. The highest BCUT2D eigenvalue weighted by Crippen LogP contribution is 2.21. The molecule has 1 aliphatic heterocycles. The summed E-state index contributed by atoms with van der Waals surface area (Å²) in [4.78, 5) is 35.6. The number of benzene rings is 1. The molecule has 1 aromatic carbocycles. The third kappa shape index (κ3) is 3.49. The van der Waals surface area contributed by atoms with Gasteiger partial charge in [0.05, 0.1) is 0 Å². The molecule has 1 fully saturated rings. The molecule has 4 rings (SSSR count).